The van der Waals surface area contributed by atoms with E-state index in [2.05, 4.69) is 15.6 Å². The van der Waals surface area contributed by atoms with Crippen molar-refractivity contribution in [3.8, 4) is 23.0 Å². The van der Waals surface area contributed by atoms with Crippen molar-refractivity contribution in [2.24, 2.45) is 0 Å². The Morgan fingerprint density at radius 3 is 2.66 bits per heavy atom. The number of oxazole rings is 1. The fraction of sp³-hybridized carbons (Fsp3) is 0.0455. The van der Waals surface area contributed by atoms with Crippen LogP contribution in [0.25, 0.3) is 22.6 Å². The Morgan fingerprint density at radius 2 is 1.81 bits per heavy atom. The third-order valence-corrected chi connectivity index (χ3v) is 5.62. The van der Waals surface area contributed by atoms with Gasteiger partial charge in [-0.15, -0.1) is 0 Å². The van der Waals surface area contributed by atoms with Gasteiger partial charge in [0, 0.05) is 16.8 Å². The van der Waals surface area contributed by atoms with Crippen molar-refractivity contribution >= 4 is 63.2 Å². The number of amides is 1. The molecule has 5 rings (SSSR count). The molecule has 32 heavy (non-hydrogen) atoms. The molecule has 0 radical (unpaired) electrons. The predicted octanol–water partition coefficient (Wildman–Crippen LogP) is 5.66. The van der Waals surface area contributed by atoms with Crippen LogP contribution in [0.5, 0.6) is 11.5 Å². The van der Waals surface area contributed by atoms with Gasteiger partial charge in [-0.05, 0) is 66.8 Å². The molecule has 2 N–H and O–H groups in total. The van der Waals surface area contributed by atoms with Crippen molar-refractivity contribution in [1.82, 2.24) is 10.3 Å². The first kappa shape index (κ1) is 20.6. The molecule has 2 heterocycles. The van der Waals surface area contributed by atoms with Gasteiger partial charge in [-0.3, -0.25) is 10.1 Å². The van der Waals surface area contributed by atoms with E-state index < -0.39 is 0 Å². The number of rotatable bonds is 3. The third-order valence-electron chi connectivity index (χ3n) is 4.67. The Balaban J connectivity index is 1.30. The molecule has 0 saturated carbocycles. The molecule has 7 nitrogen and oxygen atoms in total. The second-order valence-electron chi connectivity index (χ2n) is 6.81. The smallest absolute Gasteiger partial charge is 0.257 e. The summed E-state index contributed by atoms with van der Waals surface area (Å²) in [5, 5.41) is 6.62. The number of aromatic nitrogens is 1. The lowest BCUT2D eigenvalue weighted by Gasteiger charge is -2.09. The monoisotopic (exact) mass is 485 g/mol. The van der Waals surface area contributed by atoms with Crippen LogP contribution >= 0.6 is 35.4 Å². The lowest BCUT2D eigenvalue weighted by atomic mass is 10.2. The molecule has 0 spiro atoms. The first-order valence-electron chi connectivity index (χ1n) is 9.34. The largest absolute Gasteiger partial charge is 0.454 e. The number of carbonyl (C=O) groups excluding carboxylic acids is 1. The maximum absolute atomic E-state index is 12.5. The number of nitrogens with zero attached hydrogens (tertiary/aromatic N) is 1. The van der Waals surface area contributed by atoms with Gasteiger partial charge >= 0.3 is 0 Å². The van der Waals surface area contributed by atoms with Crippen LogP contribution in [-0.2, 0) is 0 Å². The molecule has 1 amide bonds. The minimum absolute atomic E-state index is 0.137. The highest BCUT2D eigenvalue weighted by atomic mass is 35.5. The van der Waals surface area contributed by atoms with Crippen LogP contribution in [0.2, 0.25) is 10.0 Å². The van der Waals surface area contributed by atoms with Gasteiger partial charge in [0.15, 0.2) is 22.2 Å². The first-order valence-corrected chi connectivity index (χ1v) is 10.5. The molecule has 0 bridgehead atoms. The van der Waals surface area contributed by atoms with Crippen LogP contribution in [0.15, 0.2) is 59.0 Å². The van der Waals surface area contributed by atoms with Crippen molar-refractivity contribution in [1.29, 1.82) is 0 Å². The number of ether oxygens (including phenoxy) is 2. The average molecular weight is 486 g/mol. The number of nitrogens with one attached hydrogen (secondary N) is 2. The van der Waals surface area contributed by atoms with Crippen LogP contribution in [0, 0.1) is 0 Å². The number of hydrogen-bond donors (Lipinski definition) is 2. The van der Waals surface area contributed by atoms with Crippen molar-refractivity contribution < 1.29 is 18.7 Å². The lowest BCUT2D eigenvalue weighted by Crippen LogP contribution is -2.34. The number of fused-ring (bicyclic) bond motifs is 2. The summed E-state index contributed by atoms with van der Waals surface area (Å²) in [5.74, 6) is 1.16. The van der Waals surface area contributed by atoms with Crippen molar-refractivity contribution in [3.05, 3.63) is 70.2 Å². The summed E-state index contributed by atoms with van der Waals surface area (Å²) in [6.45, 7) is 0.137. The molecule has 1 aliphatic heterocycles. The number of benzene rings is 3. The number of carbonyl (C=O) groups is 1. The quantitative estimate of drug-likeness (QED) is 0.362. The summed E-state index contributed by atoms with van der Waals surface area (Å²) >= 11 is 17.3. The molecule has 0 unspecified atom stereocenters. The summed E-state index contributed by atoms with van der Waals surface area (Å²) in [6.07, 6.45) is 0. The topological polar surface area (TPSA) is 85.6 Å². The maximum atomic E-state index is 12.5. The minimum Gasteiger partial charge on any atom is -0.454 e. The van der Waals surface area contributed by atoms with Crippen LogP contribution in [0.4, 0.5) is 5.69 Å². The summed E-state index contributed by atoms with van der Waals surface area (Å²) in [5.41, 5.74) is 2.95. The summed E-state index contributed by atoms with van der Waals surface area (Å²) < 4.78 is 16.4. The van der Waals surface area contributed by atoms with E-state index in [9.17, 15) is 4.79 Å². The highest BCUT2D eigenvalue weighted by Crippen LogP contribution is 2.33. The first-order chi connectivity index (χ1) is 15.5. The van der Waals surface area contributed by atoms with E-state index in [1.165, 1.54) is 0 Å². The molecule has 1 aliphatic rings. The normalized spacial score (nSPS) is 12.1. The van der Waals surface area contributed by atoms with Gasteiger partial charge in [-0.25, -0.2) is 4.98 Å². The Labute approximate surface area is 197 Å². The summed E-state index contributed by atoms with van der Waals surface area (Å²) in [4.78, 5) is 17.0. The van der Waals surface area contributed by atoms with Crippen LogP contribution in [0.3, 0.4) is 0 Å². The van der Waals surface area contributed by atoms with Gasteiger partial charge in [0.05, 0.1) is 10.0 Å². The second-order valence-corrected chi connectivity index (χ2v) is 8.03. The lowest BCUT2D eigenvalue weighted by molar-refractivity contribution is 0.0977. The third kappa shape index (κ3) is 4.08. The van der Waals surface area contributed by atoms with Crippen molar-refractivity contribution in [2.75, 3.05) is 12.1 Å². The molecule has 0 fully saturated rings. The SMILES string of the molecule is O=C(NC(=S)Nc1ccc2oc(-c3ccc(Cl)c(Cl)c3)nc2c1)c1ccc2c(c1)OCO2. The average Bonchev–Trinajstić information content (AvgIpc) is 3.41. The highest BCUT2D eigenvalue weighted by molar-refractivity contribution is 7.80. The van der Waals surface area contributed by atoms with Gasteiger partial charge in [0.25, 0.3) is 5.91 Å². The van der Waals surface area contributed by atoms with Crippen LogP contribution < -0.4 is 20.1 Å². The summed E-state index contributed by atoms with van der Waals surface area (Å²) in [6, 6.07) is 15.4. The Hall–Kier alpha value is -3.33. The van der Waals surface area contributed by atoms with E-state index in [1.807, 2.05) is 0 Å². The van der Waals surface area contributed by atoms with Gasteiger partial charge in [0.1, 0.15) is 5.52 Å². The summed E-state index contributed by atoms with van der Waals surface area (Å²) in [7, 11) is 0. The van der Waals surface area contributed by atoms with E-state index in [0.717, 1.165) is 0 Å². The minimum atomic E-state index is -0.370. The van der Waals surface area contributed by atoms with E-state index in [4.69, 9.17) is 49.3 Å². The van der Waals surface area contributed by atoms with Gasteiger partial charge in [-0.2, -0.15) is 0 Å². The Morgan fingerprint density at radius 1 is 0.969 bits per heavy atom. The van der Waals surface area contributed by atoms with E-state index in [1.54, 1.807) is 54.6 Å². The number of hydrogen-bond acceptors (Lipinski definition) is 6. The molecule has 0 aliphatic carbocycles. The molecule has 1 aromatic heterocycles. The van der Waals surface area contributed by atoms with Gasteiger partial charge in [-0.1, -0.05) is 23.2 Å². The highest BCUT2D eigenvalue weighted by Gasteiger charge is 2.17. The fourth-order valence-corrected chi connectivity index (χ4v) is 3.64. The zero-order valence-electron chi connectivity index (χ0n) is 16.1. The Bertz CT molecular complexity index is 1390. The Kier molecular flexibility index (Phi) is 5.34. The van der Waals surface area contributed by atoms with E-state index in [0.29, 0.717) is 55.3 Å². The van der Waals surface area contributed by atoms with Crippen LogP contribution in [0.1, 0.15) is 10.4 Å². The molecular weight excluding hydrogens is 473 g/mol. The molecular formula is C22H13Cl2N3O4S. The predicted molar refractivity (Wildman–Crippen MR) is 126 cm³/mol. The molecule has 3 aromatic carbocycles. The van der Waals surface area contributed by atoms with Crippen LogP contribution in [-0.4, -0.2) is 22.8 Å². The molecule has 0 atom stereocenters. The number of halogens is 2. The second kappa shape index (κ2) is 8.31. The molecule has 160 valence electrons. The van der Waals surface area contributed by atoms with Crippen molar-refractivity contribution in [3.63, 3.8) is 0 Å². The van der Waals surface area contributed by atoms with E-state index >= 15 is 0 Å². The van der Waals surface area contributed by atoms with E-state index in [-0.39, 0.29) is 17.8 Å². The zero-order chi connectivity index (χ0) is 22.2. The molecule has 10 heteroatoms. The standard InChI is InChI=1S/C22H13Cl2N3O4S/c23-14-4-1-12(7-15(14)24)21-26-16-9-13(3-6-17(16)31-21)25-22(32)27-20(28)11-2-5-18-19(8-11)30-10-29-18/h1-9H,10H2,(H2,25,27,28,32). The molecule has 4 aromatic rings. The van der Waals surface area contributed by atoms with Gasteiger partial charge in [0.2, 0.25) is 12.7 Å². The maximum Gasteiger partial charge on any atom is 0.257 e. The zero-order valence-corrected chi connectivity index (χ0v) is 18.5. The fourth-order valence-electron chi connectivity index (χ4n) is 3.13. The number of anilines is 1. The number of thiocarbonyl (C=S) groups is 1. The van der Waals surface area contributed by atoms with Crippen molar-refractivity contribution in [2.45, 2.75) is 0 Å². The van der Waals surface area contributed by atoms with Gasteiger partial charge < -0.3 is 19.2 Å². The molecule has 0 saturated heterocycles.